The van der Waals surface area contributed by atoms with Gasteiger partial charge in [0.1, 0.15) is 0 Å². The minimum Gasteiger partial charge on any atom is -0.254 e. The van der Waals surface area contributed by atoms with Crippen LogP contribution in [0.15, 0.2) is 0 Å². The molecule has 2 nitrogen and oxygen atoms in total. The molecule has 86 valence electrons. The summed E-state index contributed by atoms with van der Waals surface area (Å²) in [6.07, 6.45) is 5.87. The van der Waals surface area contributed by atoms with Crippen LogP contribution in [0.5, 0.6) is 0 Å². The molecule has 1 aliphatic heterocycles. The van der Waals surface area contributed by atoms with E-state index >= 15 is 0 Å². The lowest BCUT2D eigenvalue weighted by molar-refractivity contribution is 0.0886. The maximum absolute atomic E-state index is 3.62. The van der Waals surface area contributed by atoms with Crippen molar-refractivity contribution in [3.63, 3.8) is 0 Å². The molecular formula is C13H24N2. The standard InChI is InChI=1S/C13H24N2/c1-13(2,3)11-7-10-8-4-5-9(6-8)12(10)15-14-11/h8-12,14-15H,4-7H2,1-3H3. The zero-order chi connectivity index (χ0) is 10.6. The summed E-state index contributed by atoms with van der Waals surface area (Å²) in [5.74, 6) is 2.99. The minimum absolute atomic E-state index is 0.389. The van der Waals surface area contributed by atoms with Gasteiger partial charge in [-0.15, -0.1) is 0 Å². The lowest BCUT2D eigenvalue weighted by atomic mass is 9.74. The van der Waals surface area contributed by atoms with Gasteiger partial charge in [0.05, 0.1) is 0 Å². The van der Waals surface area contributed by atoms with E-state index in [1.807, 2.05) is 0 Å². The summed E-state index contributed by atoms with van der Waals surface area (Å²) in [5, 5.41) is 0. The SMILES string of the molecule is CC(C)(C)C1CC2C3CCC(C3)C2NN1. The second-order valence-electron chi connectivity index (χ2n) is 6.97. The van der Waals surface area contributed by atoms with Crippen molar-refractivity contribution in [1.82, 2.24) is 10.9 Å². The molecule has 2 aliphatic carbocycles. The molecule has 0 spiro atoms. The quantitative estimate of drug-likeness (QED) is 0.638. The van der Waals surface area contributed by atoms with Crippen LogP contribution in [-0.4, -0.2) is 12.1 Å². The van der Waals surface area contributed by atoms with Crippen molar-refractivity contribution in [2.45, 2.75) is 58.5 Å². The number of rotatable bonds is 0. The first-order valence-electron chi connectivity index (χ1n) is 6.57. The first kappa shape index (κ1) is 10.1. The first-order chi connectivity index (χ1) is 7.05. The number of hydrogen-bond donors (Lipinski definition) is 2. The molecule has 2 heteroatoms. The number of hydrogen-bond acceptors (Lipinski definition) is 2. The zero-order valence-electron chi connectivity index (χ0n) is 10.2. The van der Waals surface area contributed by atoms with E-state index in [-0.39, 0.29) is 0 Å². The van der Waals surface area contributed by atoms with Crippen LogP contribution in [0, 0.1) is 23.2 Å². The summed E-state index contributed by atoms with van der Waals surface area (Å²) in [6.45, 7) is 7.04. The fourth-order valence-electron chi connectivity index (χ4n) is 4.07. The Balaban J connectivity index is 1.73. The molecule has 0 radical (unpaired) electrons. The summed E-state index contributed by atoms with van der Waals surface area (Å²) in [6, 6.07) is 1.44. The molecule has 5 atom stereocenters. The van der Waals surface area contributed by atoms with E-state index in [0.717, 1.165) is 23.8 Å². The van der Waals surface area contributed by atoms with Crippen molar-refractivity contribution in [2.75, 3.05) is 0 Å². The molecule has 2 bridgehead atoms. The Bertz CT molecular complexity index is 256. The van der Waals surface area contributed by atoms with Gasteiger partial charge in [0.25, 0.3) is 0 Å². The van der Waals surface area contributed by atoms with Gasteiger partial charge in [-0.2, -0.15) is 0 Å². The summed E-state index contributed by atoms with van der Waals surface area (Å²) in [4.78, 5) is 0. The molecule has 15 heavy (non-hydrogen) atoms. The summed E-state index contributed by atoms with van der Waals surface area (Å²) in [5.41, 5.74) is 7.57. The van der Waals surface area contributed by atoms with Gasteiger partial charge in [-0.25, -0.2) is 0 Å². The van der Waals surface area contributed by atoms with Crippen LogP contribution in [0.4, 0.5) is 0 Å². The van der Waals surface area contributed by atoms with Gasteiger partial charge in [0.2, 0.25) is 0 Å². The van der Waals surface area contributed by atoms with Crippen LogP contribution in [0.1, 0.15) is 46.5 Å². The third kappa shape index (κ3) is 1.53. The highest BCUT2D eigenvalue weighted by atomic mass is 15.4. The molecule has 5 unspecified atom stereocenters. The molecule has 2 saturated carbocycles. The van der Waals surface area contributed by atoms with Crippen LogP contribution in [-0.2, 0) is 0 Å². The Morgan fingerprint density at radius 3 is 2.40 bits per heavy atom. The highest BCUT2D eigenvalue weighted by Crippen LogP contribution is 2.51. The summed E-state index contributed by atoms with van der Waals surface area (Å²) < 4.78 is 0. The molecule has 3 fully saturated rings. The van der Waals surface area contributed by atoms with Crippen LogP contribution >= 0.6 is 0 Å². The highest BCUT2D eigenvalue weighted by Gasteiger charge is 2.50. The van der Waals surface area contributed by atoms with Crippen molar-refractivity contribution < 1.29 is 0 Å². The first-order valence-corrected chi connectivity index (χ1v) is 6.57. The van der Waals surface area contributed by atoms with Crippen LogP contribution in [0.2, 0.25) is 0 Å². The van der Waals surface area contributed by atoms with Gasteiger partial charge in [-0.05, 0) is 48.9 Å². The molecule has 0 aromatic heterocycles. The zero-order valence-corrected chi connectivity index (χ0v) is 10.2. The molecule has 2 N–H and O–H groups in total. The van der Waals surface area contributed by atoms with Crippen LogP contribution < -0.4 is 10.9 Å². The van der Waals surface area contributed by atoms with Gasteiger partial charge in [-0.1, -0.05) is 20.8 Å². The maximum atomic E-state index is 3.62. The predicted molar refractivity (Wildman–Crippen MR) is 62.2 cm³/mol. The Labute approximate surface area is 93.2 Å². The molecule has 1 heterocycles. The fourth-order valence-corrected chi connectivity index (χ4v) is 4.07. The fraction of sp³-hybridized carbons (Fsp3) is 1.00. The second kappa shape index (κ2) is 3.21. The molecular weight excluding hydrogens is 184 g/mol. The van der Waals surface area contributed by atoms with E-state index in [2.05, 4.69) is 31.6 Å². The topological polar surface area (TPSA) is 24.1 Å². The molecule has 3 rings (SSSR count). The van der Waals surface area contributed by atoms with E-state index in [1.165, 1.54) is 25.7 Å². The van der Waals surface area contributed by atoms with Crippen LogP contribution in [0.3, 0.4) is 0 Å². The van der Waals surface area contributed by atoms with Crippen molar-refractivity contribution in [1.29, 1.82) is 0 Å². The van der Waals surface area contributed by atoms with E-state index < -0.39 is 0 Å². The highest BCUT2D eigenvalue weighted by molar-refractivity contribution is 5.04. The second-order valence-corrected chi connectivity index (χ2v) is 6.97. The summed E-state index contributed by atoms with van der Waals surface area (Å²) >= 11 is 0. The van der Waals surface area contributed by atoms with Gasteiger partial charge in [0, 0.05) is 12.1 Å². The summed E-state index contributed by atoms with van der Waals surface area (Å²) in [7, 11) is 0. The number of nitrogens with one attached hydrogen (secondary N) is 2. The van der Waals surface area contributed by atoms with Crippen molar-refractivity contribution in [3.05, 3.63) is 0 Å². The monoisotopic (exact) mass is 208 g/mol. The molecule has 3 aliphatic rings. The average Bonchev–Trinajstić information content (AvgIpc) is 2.76. The molecule has 1 saturated heterocycles. The normalized spacial score (nSPS) is 49.4. The predicted octanol–water partition coefficient (Wildman–Crippen LogP) is 2.31. The van der Waals surface area contributed by atoms with E-state index in [1.54, 1.807) is 0 Å². The smallest absolute Gasteiger partial charge is 0.0272 e. The largest absolute Gasteiger partial charge is 0.254 e. The maximum Gasteiger partial charge on any atom is 0.0272 e. The minimum atomic E-state index is 0.389. The van der Waals surface area contributed by atoms with Gasteiger partial charge in [0.15, 0.2) is 0 Å². The number of fused-ring (bicyclic) bond motifs is 5. The Kier molecular flexibility index (Phi) is 2.16. The van der Waals surface area contributed by atoms with E-state index in [4.69, 9.17) is 0 Å². The lowest BCUT2D eigenvalue weighted by Crippen LogP contribution is -2.61. The average molecular weight is 208 g/mol. The van der Waals surface area contributed by atoms with Crippen LogP contribution in [0.25, 0.3) is 0 Å². The third-order valence-electron chi connectivity index (χ3n) is 5.07. The van der Waals surface area contributed by atoms with Gasteiger partial charge in [-0.3, -0.25) is 10.9 Å². The molecule has 0 amide bonds. The number of hydrazine groups is 1. The van der Waals surface area contributed by atoms with Crippen molar-refractivity contribution >= 4 is 0 Å². The lowest BCUT2D eigenvalue weighted by Gasteiger charge is -2.44. The van der Waals surface area contributed by atoms with E-state index in [9.17, 15) is 0 Å². The van der Waals surface area contributed by atoms with E-state index in [0.29, 0.717) is 11.5 Å². The Hall–Kier alpha value is -0.0800. The Morgan fingerprint density at radius 1 is 0.933 bits per heavy atom. The Morgan fingerprint density at radius 2 is 1.67 bits per heavy atom. The third-order valence-corrected chi connectivity index (χ3v) is 5.07. The molecule has 0 aromatic carbocycles. The van der Waals surface area contributed by atoms with Crippen molar-refractivity contribution in [3.8, 4) is 0 Å². The molecule has 0 aromatic rings. The van der Waals surface area contributed by atoms with Gasteiger partial charge >= 0.3 is 0 Å². The van der Waals surface area contributed by atoms with Gasteiger partial charge < -0.3 is 0 Å². The van der Waals surface area contributed by atoms with Crippen molar-refractivity contribution in [2.24, 2.45) is 23.2 Å².